The Balaban J connectivity index is 1.62. The predicted molar refractivity (Wildman–Crippen MR) is 80.1 cm³/mol. The second-order valence-corrected chi connectivity index (χ2v) is 7.19. The van der Waals surface area contributed by atoms with Crippen LogP contribution in [-0.4, -0.2) is 35.8 Å². The van der Waals surface area contributed by atoms with Crippen LogP contribution >= 0.6 is 11.8 Å². The Morgan fingerprint density at radius 3 is 2.75 bits per heavy atom. The number of thioether (sulfide) groups is 1. The van der Waals surface area contributed by atoms with E-state index >= 15 is 0 Å². The summed E-state index contributed by atoms with van der Waals surface area (Å²) in [6, 6.07) is 8.25. The zero-order valence-corrected chi connectivity index (χ0v) is 12.7. The molecule has 0 aliphatic carbocycles. The minimum Gasteiger partial charge on any atom is -0.389 e. The Morgan fingerprint density at radius 2 is 2.10 bits per heavy atom. The fourth-order valence-corrected chi connectivity index (χ4v) is 4.24. The number of rotatable bonds is 3. The van der Waals surface area contributed by atoms with Crippen molar-refractivity contribution in [1.82, 2.24) is 0 Å². The average molecular weight is 294 g/mol. The molecule has 20 heavy (non-hydrogen) atoms. The number of hydrogen-bond acceptors (Lipinski definition) is 4. The minimum atomic E-state index is -0.393. The molecule has 1 aromatic rings. The number of aliphatic hydroxyl groups excluding tert-OH is 1. The first-order valence-electron chi connectivity index (χ1n) is 7.33. The summed E-state index contributed by atoms with van der Waals surface area (Å²) in [6.45, 7) is 4.22. The van der Waals surface area contributed by atoms with Crippen LogP contribution in [0.2, 0.25) is 0 Å². The van der Waals surface area contributed by atoms with Crippen molar-refractivity contribution in [3.05, 3.63) is 29.8 Å². The first-order valence-corrected chi connectivity index (χ1v) is 8.21. The second-order valence-electron chi connectivity index (χ2n) is 5.81. The summed E-state index contributed by atoms with van der Waals surface area (Å²) >= 11 is 1.93. The summed E-state index contributed by atoms with van der Waals surface area (Å²) in [6.07, 6.45) is 2.82. The van der Waals surface area contributed by atoms with Gasteiger partial charge in [-0.2, -0.15) is 0 Å². The van der Waals surface area contributed by atoms with Crippen molar-refractivity contribution in [3.63, 3.8) is 0 Å². The van der Waals surface area contributed by atoms with Gasteiger partial charge < -0.3 is 14.6 Å². The van der Waals surface area contributed by atoms with Gasteiger partial charge in [-0.3, -0.25) is 0 Å². The number of aliphatic hydroxyl groups is 1. The molecule has 0 amide bonds. The van der Waals surface area contributed by atoms with Crippen molar-refractivity contribution in [2.24, 2.45) is 0 Å². The standard InChI is InChI=1S/C16H22O3S/c1-12(17)13-2-4-14(5-3-13)20-15-6-8-19-16(10-15)7-9-18-11-16/h2-5,12,15,17H,6-11H2,1H3. The Kier molecular flexibility index (Phi) is 4.36. The van der Waals surface area contributed by atoms with E-state index in [1.54, 1.807) is 6.92 Å². The van der Waals surface area contributed by atoms with Gasteiger partial charge in [-0.25, -0.2) is 0 Å². The lowest BCUT2D eigenvalue weighted by Crippen LogP contribution is -2.41. The molecule has 2 aliphatic rings. The highest BCUT2D eigenvalue weighted by Gasteiger charge is 2.41. The van der Waals surface area contributed by atoms with Crippen LogP contribution in [0.25, 0.3) is 0 Å². The molecule has 3 rings (SSSR count). The average Bonchev–Trinajstić information content (AvgIpc) is 2.87. The van der Waals surface area contributed by atoms with Crippen LogP contribution in [0.1, 0.15) is 37.9 Å². The van der Waals surface area contributed by atoms with Crippen molar-refractivity contribution < 1.29 is 14.6 Å². The molecule has 4 heteroatoms. The third-order valence-corrected chi connectivity index (χ3v) is 5.46. The van der Waals surface area contributed by atoms with E-state index in [9.17, 15) is 5.11 Å². The Bertz CT molecular complexity index is 438. The molecule has 1 spiro atoms. The van der Waals surface area contributed by atoms with E-state index in [4.69, 9.17) is 9.47 Å². The summed E-state index contributed by atoms with van der Waals surface area (Å²) in [5.74, 6) is 0. The van der Waals surface area contributed by atoms with Crippen LogP contribution in [0.15, 0.2) is 29.2 Å². The van der Waals surface area contributed by atoms with Gasteiger partial charge in [-0.1, -0.05) is 12.1 Å². The molecule has 3 unspecified atom stereocenters. The molecule has 3 atom stereocenters. The van der Waals surface area contributed by atoms with E-state index in [0.29, 0.717) is 5.25 Å². The first kappa shape index (κ1) is 14.4. The summed E-state index contributed by atoms with van der Waals surface area (Å²) in [7, 11) is 0. The zero-order valence-electron chi connectivity index (χ0n) is 11.9. The smallest absolute Gasteiger partial charge is 0.0947 e. The van der Waals surface area contributed by atoms with Crippen molar-refractivity contribution >= 4 is 11.8 Å². The summed E-state index contributed by atoms with van der Waals surface area (Å²) in [4.78, 5) is 1.27. The lowest BCUT2D eigenvalue weighted by molar-refractivity contribution is -0.0769. The molecule has 110 valence electrons. The molecular weight excluding hydrogens is 272 g/mol. The summed E-state index contributed by atoms with van der Waals surface area (Å²) < 4.78 is 11.5. The van der Waals surface area contributed by atoms with E-state index in [1.165, 1.54) is 4.90 Å². The third-order valence-electron chi connectivity index (χ3n) is 4.18. The highest BCUT2D eigenvalue weighted by molar-refractivity contribution is 8.00. The van der Waals surface area contributed by atoms with Gasteiger partial charge in [0.2, 0.25) is 0 Å². The molecule has 2 saturated heterocycles. The SMILES string of the molecule is CC(O)c1ccc(SC2CCOC3(CCOC3)C2)cc1. The Labute approximate surface area is 124 Å². The molecule has 2 fully saturated rings. The van der Waals surface area contributed by atoms with Gasteiger partial charge in [0.15, 0.2) is 0 Å². The number of hydrogen-bond donors (Lipinski definition) is 1. The maximum absolute atomic E-state index is 9.54. The van der Waals surface area contributed by atoms with Crippen LogP contribution < -0.4 is 0 Å². The van der Waals surface area contributed by atoms with Crippen LogP contribution in [-0.2, 0) is 9.47 Å². The quantitative estimate of drug-likeness (QED) is 0.929. The molecule has 0 bridgehead atoms. The number of ether oxygens (including phenoxy) is 2. The van der Waals surface area contributed by atoms with Crippen LogP contribution in [0, 0.1) is 0 Å². The molecule has 2 heterocycles. The van der Waals surface area contributed by atoms with Gasteiger partial charge in [0.05, 0.1) is 18.3 Å². The maximum atomic E-state index is 9.54. The van der Waals surface area contributed by atoms with Crippen molar-refractivity contribution in [3.8, 4) is 0 Å². The van der Waals surface area contributed by atoms with Gasteiger partial charge in [0.25, 0.3) is 0 Å². The van der Waals surface area contributed by atoms with Gasteiger partial charge >= 0.3 is 0 Å². The topological polar surface area (TPSA) is 38.7 Å². The van der Waals surface area contributed by atoms with Crippen molar-refractivity contribution in [2.45, 2.75) is 48.0 Å². The lowest BCUT2D eigenvalue weighted by Gasteiger charge is -2.36. The molecule has 1 N–H and O–H groups in total. The molecular formula is C16H22O3S. The molecule has 0 radical (unpaired) electrons. The zero-order chi connectivity index (χ0) is 14.0. The molecule has 0 saturated carbocycles. The molecule has 2 aliphatic heterocycles. The van der Waals surface area contributed by atoms with Gasteiger partial charge in [0.1, 0.15) is 0 Å². The first-order chi connectivity index (χ1) is 9.67. The van der Waals surface area contributed by atoms with Crippen molar-refractivity contribution in [1.29, 1.82) is 0 Å². The Hall–Kier alpha value is -0.550. The summed E-state index contributed by atoms with van der Waals surface area (Å²) in [5.41, 5.74) is 0.956. The van der Waals surface area contributed by atoms with Gasteiger partial charge in [0, 0.05) is 29.8 Å². The van der Waals surface area contributed by atoms with Gasteiger partial charge in [-0.05, 0) is 37.5 Å². The summed E-state index contributed by atoms with van der Waals surface area (Å²) in [5, 5.41) is 10.1. The molecule has 1 aromatic carbocycles. The van der Waals surface area contributed by atoms with E-state index < -0.39 is 6.10 Å². The van der Waals surface area contributed by atoms with Crippen LogP contribution in [0.4, 0.5) is 0 Å². The molecule has 0 aromatic heterocycles. The second kappa shape index (κ2) is 6.06. The minimum absolute atomic E-state index is 0.0184. The van der Waals surface area contributed by atoms with Crippen molar-refractivity contribution in [2.75, 3.05) is 19.8 Å². The largest absolute Gasteiger partial charge is 0.389 e. The fraction of sp³-hybridized carbons (Fsp3) is 0.625. The highest BCUT2D eigenvalue weighted by Crippen LogP contribution is 2.40. The normalized spacial score (nSPS) is 31.6. The highest BCUT2D eigenvalue weighted by atomic mass is 32.2. The monoisotopic (exact) mass is 294 g/mol. The van der Waals surface area contributed by atoms with E-state index in [1.807, 2.05) is 23.9 Å². The fourth-order valence-electron chi connectivity index (χ4n) is 2.96. The van der Waals surface area contributed by atoms with Gasteiger partial charge in [-0.15, -0.1) is 11.8 Å². The van der Waals surface area contributed by atoms with E-state index in [2.05, 4.69) is 12.1 Å². The maximum Gasteiger partial charge on any atom is 0.0947 e. The lowest BCUT2D eigenvalue weighted by atomic mass is 9.93. The van der Waals surface area contributed by atoms with Crippen LogP contribution in [0.3, 0.4) is 0 Å². The Morgan fingerprint density at radius 1 is 1.30 bits per heavy atom. The third kappa shape index (κ3) is 3.19. The van der Waals surface area contributed by atoms with E-state index in [-0.39, 0.29) is 5.60 Å². The van der Waals surface area contributed by atoms with E-state index in [0.717, 1.165) is 44.6 Å². The number of benzene rings is 1. The predicted octanol–water partition coefficient (Wildman–Crippen LogP) is 3.17. The molecule has 3 nitrogen and oxygen atoms in total. The van der Waals surface area contributed by atoms with Crippen LogP contribution in [0.5, 0.6) is 0 Å².